The molecule has 31 heavy (non-hydrogen) atoms. The molecule has 0 saturated heterocycles. The monoisotopic (exact) mass is 424 g/mol. The van der Waals surface area contributed by atoms with Crippen molar-refractivity contribution < 1.29 is 19.4 Å². The molecule has 0 fully saturated rings. The Balaban J connectivity index is 2.21. The average Bonchev–Trinajstić information content (AvgIpc) is 2.76. The van der Waals surface area contributed by atoms with E-state index in [1.165, 1.54) is 6.08 Å². The summed E-state index contributed by atoms with van der Waals surface area (Å²) in [6.45, 7) is 6.83. The summed E-state index contributed by atoms with van der Waals surface area (Å²) < 4.78 is 5.19. The number of unbranched alkanes of at least 4 members (excludes halogenated alkanes) is 2. The molecule has 6 heteroatoms. The van der Waals surface area contributed by atoms with E-state index in [4.69, 9.17) is 4.74 Å². The third-order valence-electron chi connectivity index (χ3n) is 4.96. The number of amides is 2. The summed E-state index contributed by atoms with van der Waals surface area (Å²) in [5.41, 5.74) is 4.56. The highest BCUT2D eigenvalue weighted by molar-refractivity contribution is 5.92. The number of nitrogens with zero attached hydrogens (tertiary/aromatic N) is 1. The van der Waals surface area contributed by atoms with E-state index in [0.29, 0.717) is 13.2 Å². The maximum atomic E-state index is 12.4. The van der Waals surface area contributed by atoms with E-state index in [0.717, 1.165) is 47.2 Å². The van der Waals surface area contributed by atoms with Crippen molar-refractivity contribution in [3.63, 3.8) is 0 Å². The Morgan fingerprint density at radius 3 is 2.55 bits per heavy atom. The van der Waals surface area contributed by atoms with E-state index in [2.05, 4.69) is 12.2 Å². The van der Waals surface area contributed by atoms with Crippen LogP contribution in [0.2, 0.25) is 0 Å². The second kappa shape index (κ2) is 11.8. The minimum atomic E-state index is -1.09. The normalized spacial score (nSPS) is 11.2. The number of nitrogens with one attached hydrogen (secondary N) is 1. The number of aliphatic carboxylic acids is 1. The van der Waals surface area contributed by atoms with E-state index in [-0.39, 0.29) is 11.8 Å². The van der Waals surface area contributed by atoms with Gasteiger partial charge in [-0.05, 0) is 60.7 Å². The van der Waals surface area contributed by atoms with Crippen LogP contribution in [0, 0.1) is 6.92 Å². The van der Waals surface area contributed by atoms with Crippen LogP contribution < -0.4 is 10.2 Å². The molecule has 0 heterocycles. The summed E-state index contributed by atoms with van der Waals surface area (Å²) in [5.74, 6) is -1.17. The smallest absolute Gasteiger partial charge is 0.371 e. The Morgan fingerprint density at radius 1 is 1.13 bits per heavy atom. The number of carboxylic acids is 1. The number of hydrogen-bond acceptors (Lipinski definition) is 3. The number of carbonyl (C=O) groups excluding carboxylic acids is 1. The molecular formula is C25H32N2O4. The van der Waals surface area contributed by atoms with Gasteiger partial charge in [-0.15, -0.1) is 0 Å². The van der Waals surface area contributed by atoms with Gasteiger partial charge in [-0.25, -0.2) is 9.59 Å². The molecule has 0 aliphatic rings. The first kappa shape index (κ1) is 24.0. The third-order valence-corrected chi connectivity index (χ3v) is 4.96. The van der Waals surface area contributed by atoms with Crippen LogP contribution in [-0.4, -0.2) is 37.3 Å². The Kier molecular flexibility index (Phi) is 9.13. The summed E-state index contributed by atoms with van der Waals surface area (Å²) in [4.78, 5) is 25.3. The zero-order valence-corrected chi connectivity index (χ0v) is 18.8. The van der Waals surface area contributed by atoms with Crippen molar-refractivity contribution in [3.8, 4) is 11.1 Å². The fraction of sp³-hybridized carbons (Fsp3) is 0.360. The van der Waals surface area contributed by atoms with Crippen molar-refractivity contribution in [1.82, 2.24) is 5.32 Å². The first-order chi connectivity index (χ1) is 14.9. The van der Waals surface area contributed by atoms with Gasteiger partial charge in [0.1, 0.15) is 0 Å². The molecule has 0 aliphatic heterocycles. The van der Waals surface area contributed by atoms with E-state index in [9.17, 15) is 14.7 Å². The van der Waals surface area contributed by atoms with Crippen LogP contribution in [0.5, 0.6) is 0 Å². The first-order valence-corrected chi connectivity index (χ1v) is 10.7. The van der Waals surface area contributed by atoms with Crippen molar-refractivity contribution >= 4 is 23.8 Å². The Bertz CT molecular complexity index is 937. The molecule has 2 N–H and O–H groups in total. The maximum Gasteiger partial charge on any atom is 0.371 e. The van der Waals surface area contributed by atoms with Crippen molar-refractivity contribution in [3.05, 3.63) is 59.4 Å². The molecule has 6 nitrogen and oxygen atoms in total. The lowest BCUT2D eigenvalue weighted by atomic mass is 9.97. The second-order valence-corrected chi connectivity index (χ2v) is 7.37. The van der Waals surface area contributed by atoms with Crippen molar-refractivity contribution in [2.24, 2.45) is 0 Å². The summed E-state index contributed by atoms with van der Waals surface area (Å²) in [7, 11) is 1.76. The zero-order chi connectivity index (χ0) is 22.8. The molecule has 0 aliphatic carbocycles. The average molecular weight is 425 g/mol. The van der Waals surface area contributed by atoms with E-state index < -0.39 is 5.97 Å². The molecule has 0 radical (unpaired) electrons. The molecule has 0 spiro atoms. The van der Waals surface area contributed by atoms with Gasteiger partial charge < -0.3 is 15.2 Å². The highest BCUT2D eigenvalue weighted by Crippen LogP contribution is 2.28. The molecule has 0 unspecified atom stereocenters. The largest absolute Gasteiger partial charge is 0.487 e. The second-order valence-electron chi connectivity index (χ2n) is 7.37. The highest BCUT2D eigenvalue weighted by atomic mass is 16.5. The first-order valence-electron chi connectivity index (χ1n) is 10.7. The molecule has 2 aromatic rings. The molecule has 0 aromatic heterocycles. The van der Waals surface area contributed by atoms with Crippen LogP contribution in [0.25, 0.3) is 17.2 Å². The Hall–Kier alpha value is -3.28. The van der Waals surface area contributed by atoms with Gasteiger partial charge in [0, 0.05) is 19.3 Å². The number of hydrogen-bond donors (Lipinski definition) is 2. The topological polar surface area (TPSA) is 78.9 Å². The fourth-order valence-corrected chi connectivity index (χ4v) is 3.26. The fourth-order valence-electron chi connectivity index (χ4n) is 3.26. The van der Waals surface area contributed by atoms with Crippen molar-refractivity contribution in [1.29, 1.82) is 0 Å². The van der Waals surface area contributed by atoms with Gasteiger partial charge in [0.15, 0.2) is 0 Å². The van der Waals surface area contributed by atoms with E-state index in [1.807, 2.05) is 49.4 Å². The van der Waals surface area contributed by atoms with Crippen LogP contribution in [0.1, 0.15) is 44.2 Å². The summed E-state index contributed by atoms with van der Waals surface area (Å²) in [6.07, 6.45) is 4.71. The number of urea groups is 1. The number of rotatable bonds is 10. The predicted octanol–water partition coefficient (Wildman–Crippen LogP) is 5.46. The van der Waals surface area contributed by atoms with Gasteiger partial charge in [-0.2, -0.15) is 0 Å². The number of carboxylic acid groups (broad SMARTS) is 1. The highest BCUT2D eigenvalue weighted by Gasteiger charge is 2.12. The number of aryl methyl sites for hydroxylation is 1. The van der Waals surface area contributed by atoms with Crippen LogP contribution in [-0.2, 0) is 9.53 Å². The number of benzene rings is 2. The number of ether oxygens (including phenoxy) is 1. The molecule has 2 rings (SSSR count). The standard InChI is InChI=1S/C25H32N2O4/c1-5-7-8-14-26-25(30)27(4)21-11-9-10-20(17-21)22-13-12-19(15-18(22)3)16-23(24(28)29)31-6-2/h9-13,15-17H,5-8,14H2,1-4H3,(H,26,30)(H,28,29)/b23-16+. The van der Waals surface area contributed by atoms with Crippen LogP contribution in [0.3, 0.4) is 0 Å². The molecule has 0 atom stereocenters. The number of anilines is 1. The van der Waals surface area contributed by atoms with E-state index in [1.54, 1.807) is 18.9 Å². The molecule has 0 bridgehead atoms. The van der Waals surface area contributed by atoms with Crippen LogP contribution >= 0.6 is 0 Å². The summed E-state index contributed by atoms with van der Waals surface area (Å²) >= 11 is 0. The molecule has 0 saturated carbocycles. The minimum absolute atomic E-state index is 0.0804. The molecular weight excluding hydrogens is 392 g/mol. The lowest BCUT2D eigenvalue weighted by Gasteiger charge is -2.19. The minimum Gasteiger partial charge on any atom is -0.487 e. The molecule has 2 amide bonds. The van der Waals surface area contributed by atoms with Gasteiger partial charge in [0.25, 0.3) is 0 Å². The Morgan fingerprint density at radius 2 is 1.90 bits per heavy atom. The number of carbonyl (C=O) groups is 2. The zero-order valence-electron chi connectivity index (χ0n) is 18.8. The quantitative estimate of drug-likeness (QED) is 0.302. The predicted molar refractivity (Wildman–Crippen MR) is 125 cm³/mol. The Labute approximate surface area is 184 Å². The summed E-state index contributed by atoms with van der Waals surface area (Å²) in [6, 6.07) is 13.4. The van der Waals surface area contributed by atoms with Crippen LogP contribution in [0.15, 0.2) is 48.2 Å². The van der Waals surface area contributed by atoms with Gasteiger partial charge >= 0.3 is 12.0 Å². The SMILES string of the molecule is CCCCCNC(=O)N(C)c1cccc(-c2ccc(/C=C(/OCC)C(=O)O)cc2C)c1. The van der Waals surface area contributed by atoms with Crippen molar-refractivity contribution in [2.75, 3.05) is 25.1 Å². The molecule has 2 aromatic carbocycles. The van der Waals surface area contributed by atoms with Gasteiger partial charge in [-0.3, -0.25) is 4.90 Å². The van der Waals surface area contributed by atoms with Crippen LogP contribution in [0.4, 0.5) is 10.5 Å². The lowest BCUT2D eigenvalue weighted by Crippen LogP contribution is -2.37. The third kappa shape index (κ3) is 6.88. The lowest BCUT2D eigenvalue weighted by molar-refractivity contribution is -0.136. The maximum absolute atomic E-state index is 12.4. The van der Waals surface area contributed by atoms with Gasteiger partial charge in [0.2, 0.25) is 5.76 Å². The van der Waals surface area contributed by atoms with E-state index >= 15 is 0 Å². The van der Waals surface area contributed by atoms with Gasteiger partial charge in [-0.1, -0.05) is 50.1 Å². The molecule has 166 valence electrons. The van der Waals surface area contributed by atoms with Crippen molar-refractivity contribution in [2.45, 2.75) is 40.0 Å². The van der Waals surface area contributed by atoms with Gasteiger partial charge in [0.05, 0.1) is 6.61 Å². The summed E-state index contributed by atoms with van der Waals surface area (Å²) in [5, 5.41) is 12.2.